The minimum absolute atomic E-state index is 0.0321. The van der Waals surface area contributed by atoms with Gasteiger partial charge in [-0.3, -0.25) is 9.63 Å². The third-order valence-electron chi connectivity index (χ3n) is 5.28. The average molecular weight is 461 g/mol. The average Bonchev–Trinajstić information content (AvgIpc) is 3.16. The number of methoxy groups -OCH3 is 1. The summed E-state index contributed by atoms with van der Waals surface area (Å²) in [6.07, 6.45) is 2.73. The fourth-order valence-corrected chi connectivity index (χ4v) is 4.15. The van der Waals surface area contributed by atoms with Gasteiger partial charge in [0.1, 0.15) is 11.8 Å². The lowest BCUT2D eigenvalue weighted by Crippen LogP contribution is -2.40. The lowest BCUT2D eigenvalue weighted by Gasteiger charge is -2.26. The van der Waals surface area contributed by atoms with Crippen LogP contribution in [-0.2, 0) is 16.2 Å². The van der Waals surface area contributed by atoms with Crippen molar-refractivity contribution in [2.75, 3.05) is 20.3 Å². The number of hydrogen-bond acceptors (Lipinski definition) is 4. The molecule has 5 nitrogen and oxygen atoms in total. The smallest absolute Gasteiger partial charge is 0.239 e. The Morgan fingerprint density at radius 3 is 2.72 bits per heavy atom. The van der Waals surface area contributed by atoms with E-state index in [0.717, 1.165) is 35.0 Å². The largest absolute Gasteiger partial charge is 0.497 e. The van der Waals surface area contributed by atoms with Crippen LogP contribution in [0, 0.1) is 0 Å². The van der Waals surface area contributed by atoms with E-state index in [1.807, 2.05) is 29.3 Å². The summed E-state index contributed by atoms with van der Waals surface area (Å²) in [7, 11) is 1.65. The first-order valence-corrected chi connectivity index (χ1v) is 10.9. The second-order valence-corrected chi connectivity index (χ2v) is 8.37. The van der Waals surface area contributed by atoms with Gasteiger partial charge in [0.15, 0.2) is 0 Å². The van der Waals surface area contributed by atoms with Gasteiger partial charge in [-0.25, -0.2) is 0 Å². The van der Waals surface area contributed by atoms with Crippen molar-refractivity contribution in [3.63, 3.8) is 0 Å². The summed E-state index contributed by atoms with van der Waals surface area (Å²) in [5.41, 5.74) is 2.38. The van der Waals surface area contributed by atoms with E-state index in [4.69, 9.17) is 9.57 Å². The number of benzene rings is 2. The van der Waals surface area contributed by atoms with Crippen LogP contribution in [0.1, 0.15) is 43.2 Å². The van der Waals surface area contributed by atoms with E-state index in [2.05, 4.69) is 52.4 Å². The van der Waals surface area contributed by atoms with Gasteiger partial charge in [0.2, 0.25) is 5.91 Å². The van der Waals surface area contributed by atoms with Gasteiger partial charge >= 0.3 is 0 Å². The molecule has 1 heterocycles. The number of ether oxygens (including phenoxy) is 1. The van der Waals surface area contributed by atoms with Crippen LogP contribution < -0.4 is 10.1 Å². The van der Waals surface area contributed by atoms with Crippen LogP contribution in [-0.4, -0.2) is 37.3 Å². The van der Waals surface area contributed by atoms with Crippen LogP contribution in [0.3, 0.4) is 0 Å². The van der Waals surface area contributed by atoms with Crippen molar-refractivity contribution in [3.05, 3.63) is 64.1 Å². The predicted octanol–water partition coefficient (Wildman–Crippen LogP) is 4.66. The minimum atomic E-state index is -0.258. The molecule has 6 heteroatoms. The van der Waals surface area contributed by atoms with Crippen molar-refractivity contribution in [1.29, 1.82) is 0 Å². The first kappa shape index (κ1) is 21.8. The van der Waals surface area contributed by atoms with Gasteiger partial charge < -0.3 is 10.1 Å². The standard InChI is InChI=1S/C23H29BrN2O3/c1-17(19-8-4-3-5-9-19)7-6-12-29-26(22-10-11-25-23(22)27)16-18-13-20(24)15-21(14-18)28-2/h3-5,8-9,13-15,17,22H,6-7,10-12,16H2,1-2H3,(H,25,27). The monoisotopic (exact) mass is 460 g/mol. The van der Waals surface area contributed by atoms with Crippen LogP contribution in [0.25, 0.3) is 0 Å². The van der Waals surface area contributed by atoms with Crippen molar-refractivity contribution in [3.8, 4) is 5.75 Å². The summed E-state index contributed by atoms with van der Waals surface area (Å²) in [6.45, 7) is 4.05. The first-order chi connectivity index (χ1) is 14.1. The molecule has 2 unspecified atom stereocenters. The van der Waals surface area contributed by atoms with Crippen LogP contribution in [0.15, 0.2) is 53.0 Å². The molecule has 0 aromatic heterocycles. The highest BCUT2D eigenvalue weighted by Gasteiger charge is 2.31. The summed E-state index contributed by atoms with van der Waals surface area (Å²) in [5, 5.41) is 4.74. The van der Waals surface area contributed by atoms with E-state index in [0.29, 0.717) is 25.6 Å². The van der Waals surface area contributed by atoms with Gasteiger partial charge in [-0.1, -0.05) is 53.2 Å². The van der Waals surface area contributed by atoms with Gasteiger partial charge in [0.25, 0.3) is 0 Å². The number of hydroxylamine groups is 2. The highest BCUT2D eigenvalue weighted by atomic mass is 79.9. The molecular formula is C23H29BrN2O3. The Morgan fingerprint density at radius 1 is 1.24 bits per heavy atom. The Bertz CT molecular complexity index is 800. The second-order valence-electron chi connectivity index (χ2n) is 7.46. The highest BCUT2D eigenvalue weighted by molar-refractivity contribution is 9.10. The fraction of sp³-hybridized carbons (Fsp3) is 0.435. The van der Waals surface area contributed by atoms with Crippen molar-refractivity contribution < 1.29 is 14.4 Å². The topological polar surface area (TPSA) is 50.8 Å². The lowest BCUT2D eigenvalue weighted by molar-refractivity contribution is -0.194. The van der Waals surface area contributed by atoms with E-state index in [9.17, 15) is 4.79 Å². The quantitative estimate of drug-likeness (QED) is 0.413. The third-order valence-corrected chi connectivity index (χ3v) is 5.74. The molecule has 1 N–H and O–H groups in total. The number of hydrogen-bond donors (Lipinski definition) is 1. The number of carbonyl (C=O) groups is 1. The number of rotatable bonds is 10. The van der Waals surface area contributed by atoms with Crippen LogP contribution >= 0.6 is 15.9 Å². The molecule has 0 bridgehead atoms. The van der Waals surface area contributed by atoms with Crippen molar-refractivity contribution in [2.24, 2.45) is 0 Å². The third kappa shape index (κ3) is 6.29. The Labute approximate surface area is 181 Å². The minimum Gasteiger partial charge on any atom is -0.497 e. The van der Waals surface area contributed by atoms with E-state index in [1.165, 1.54) is 5.56 Å². The first-order valence-electron chi connectivity index (χ1n) is 10.1. The molecule has 0 aliphatic carbocycles. The molecule has 2 aromatic carbocycles. The summed E-state index contributed by atoms with van der Waals surface area (Å²) in [5.74, 6) is 1.30. The number of amides is 1. The molecule has 0 saturated carbocycles. The zero-order valence-electron chi connectivity index (χ0n) is 17.1. The van der Waals surface area contributed by atoms with Gasteiger partial charge in [-0.05, 0) is 54.5 Å². The van der Waals surface area contributed by atoms with Gasteiger partial charge in [0, 0.05) is 11.0 Å². The molecule has 1 aliphatic rings. The molecule has 156 valence electrons. The number of halogens is 1. The fourth-order valence-electron chi connectivity index (χ4n) is 3.63. The number of nitrogens with one attached hydrogen (secondary N) is 1. The Morgan fingerprint density at radius 2 is 2.03 bits per heavy atom. The van der Waals surface area contributed by atoms with E-state index in [-0.39, 0.29) is 11.9 Å². The number of nitrogens with zero attached hydrogens (tertiary/aromatic N) is 1. The lowest BCUT2D eigenvalue weighted by atomic mass is 9.97. The van der Waals surface area contributed by atoms with Crippen molar-refractivity contribution in [1.82, 2.24) is 10.4 Å². The zero-order valence-corrected chi connectivity index (χ0v) is 18.7. The Balaban J connectivity index is 1.59. The molecule has 1 saturated heterocycles. The molecule has 0 spiro atoms. The van der Waals surface area contributed by atoms with E-state index in [1.54, 1.807) is 7.11 Å². The van der Waals surface area contributed by atoms with Gasteiger partial charge in [-0.2, -0.15) is 5.06 Å². The van der Waals surface area contributed by atoms with Gasteiger partial charge in [-0.15, -0.1) is 0 Å². The normalized spacial score (nSPS) is 17.4. The molecule has 1 fully saturated rings. The number of carbonyl (C=O) groups excluding carboxylic acids is 1. The highest BCUT2D eigenvalue weighted by Crippen LogP contribution is 2.25. The van der Waals surface area contributed by atoms with Crippen LogP contribution in [0.2, 0.25) is 0 Å². The van der Waals surface area contributed by atoms with Crippen molar-refractivity contribution >= 4 is 21.8 Å². The van der Waals surface area contributed by atoms with Crippen molar-refractivity contribution in [2.45, 2.75) is 44.7 Å². The predicted molar refractivity (Wildman–Crippen MR) is 118 cm³/mol. The Hall–Kier alpha value is -1.89. The summed E-state index contributed by atoms with van der Waals surface area (Å²) in [6, 6.07) is 16.2. The molecule has 0 radical (unpaired) electrons. The van der Waals surface area contributed by atoms with Crippen LogP contribution in [0.5, 0.6) is 5.75 Å². The Kier molecular flexibility index (Phi) is 8.09. The van der Waals surface area contributed by atoms with E-state index < -0.39 is 0 Å². The van der Waals surface area contributed by atoms with Gasteiger partial charge in [0.05, 0.1) is 20.3 Å². The molecule has 29 heavy (non-hydrogen) atoms. The molecular weight excluding hydrogens is 432 g/mol. The maximum absolute atomic E-state index is 12.3. The summed E-state index contributed by atoms with van der Waals surface area (Å²) in [4.78, 5) is 18.4. The van der Waals surface area contributed by atoms with E-state index >= 15 is 0 Å². The molecule has 1 amide bonds. The molecule has 2 atom stereocenters. The zero-order chi connectivity index (χ0) is 20.6. The molecule has 1 aliphatic heterocycles. The summed E-state index contributed by atoms with van der Waals surface area (Å²) >= 11 is 3.52. The summed E-state index contributed by atoms with van der Waals surface area (Å²) < 4.78 is 6.31. The molecule has 3 rings (SSSR count). The second kappa shape index (κ2) is 10.8. The maximum Gasteiger partial charge on any atom is 0.239 e. The molecule has 2 aromatic rings. The SMILES string of the molecule is COc1cc(Br)cc(CN(OCCCC(C)c2ccccc2)C2CCNC2=O)c1. The van der Waals surface area contributed by atoms with Crippen LogP contribution in [0.4, 0.5) is 0 Å². The maximum atomic E-state index is 12.3.